The van der Waals surface area contributed by atoms with Crippen LogP contribution in [0.4, 0.5) is 10.6 Å². The lowest BCUT2D eigenvalue weighted by atomic mass is 9.85. The number of imidazole rings is 1. The minimum absolute atomic E-state index is 0.0367. The van der Waals surface area contributed by atoms with E-state index in [1.165, 1.54) is 23.2 Å². The van der Waals surface area contributed by atoms with Gasteiger partial charge in [0.15, 0.2) is 4.34 Å². The molecule has 4 aromatic heterocycles. The maximum atomic E-state index is 14.6. The molecule has 2 aliphatic rings. The number of carbonyl (C=O) groups excluding carboxylic acids is 4. The molecule has 0 bridgehead atoms. The highest BCUT2D eigenvalue weighted by molar-refractivity contribution is 8.00. The van der Waals surface area contributed by atoms with E-state index in [1.807, 2.05) is 52.2 Å². The van der Waals surface area contributed by atoms with Crippen LogP contribution in [0.3, 0.4) is 0 Å². The van der Waals surface area contributed by atoms with Crippen LogP contribution in [0.5, 0.6) is 0 Å². The molecule has 0 aliphatic carbocycles. The molecule has 6 aromatic rings. The Labute approximate surface area is 468 Å². The molecule has 1 atom stereocenters. The zero-order valence-electron chi connectivity index (χ0n) is 45.0. The first-order chi connectivity index (χ1) is 37.6. The number of alkyl carbamates (subject to hydrolysis) is 1. The normalized spacial score (nSPS) is 15.3. The number of aromatic nitrogens is 7. The molecular formula is C54H70ClN13O8S2. The van der Waals surface area contributed by atoms with Gasteiger partial charge in [-0.2, -0.15) is 0 Å². The standard InChI is InChI=1S/C54H70ClN13O8S2/c1-38-34-42(68-22-18-56-37-68)11-8-40(38)35-77-52-63-62-48(78-52)49(70)64(5)27-29-74-31-33-75-32-30-73-28-14-45(69)66-25-23-65(24-26-66)19-13-44(39-6-9-41(55)10-7-39)60-50(71)54(61-51(72)76-53(2,3)4)15-20-67(21-16-54)47-43-12-17-57-46(43)58-36-59-47/h6-12,17-18,22,34,36-37,44H,13-16,19-21,23-33,35H2,1-5H3,(H,60,71)(H,61,72)(H,57,58,59)/t44-/m0/s1. The van der Waals surface area contributed by atoms with E-state index in [2.05, 4.69) is 75.7 Å². The molecule has 6 heterocycles. The number of H-pyrrole nitrogens is 1. The Kier molecular flexibility index (Phi) is 20.5. The number of likely N-dealkylation sites (N-methyl/N-ethyl adjacent to an activating group) is 1. The summed E-state index contributed by atoms with van der Waals surface area (Å²) in [6.45, 7) is 14.0. The Balaban J connectivity index is 0.697. The zero-order chi connectivity index (χ0) is 55.1. The molecule has 0 spiro atoms. The van der Waals surface area contributed by atoms with Crippen LogP contribution < -0.4 is 15.5 Å². The van der Waals surface area contributed by atoms with Gasteiger partial charge in [-0.15, -0.1) is 10.2 Å². The first-order valence-corrected chi connectivity index (χ1v) is 28.4. The molecule has 2 aliphatic heterocycles. The molecule has 21 nitrogen and oxygen atoms in total. The third kappa shape index (κ3) is 16.2. The van der Waals surface area contributed by atoms with Gasteiger partial charge in [0.1, 0.15) is 28.9 Å². The highest BCUT2D eigenvalue weighted by atomic mass is 35.5. The number of fused-ring (bicyclic) bond motifs is 1. The Hall–Kier alpha value is -6.21. The van der Waals surface area contributed by atoms with Gasteiger partial charge in [-0.05, 0) is 94.0 Å². The lowest BCUT2D eigenvalue weighted by molar-refractivity contribution is -0.134. The number of anilines is 1. The third-order valence-electron chi connectivity index (χ3n) is 13.7. The monoisotopic (exact) mass is 1130 g/mol. The smallest absolute Gasteiger partial charge is 0.408 e. The van der Waals surface area contributed by atoms with E-state index in [-0.39, 0.29) is 30.7 Å². The van der Waals surface area contributed by atoms with Crippen molar-refractivity contribution in [3.8, 4) is 5.69 Å². The molecule has 0 radical (unpaired) electrons. The van der Waals surface area contributed by atoms with E-state index in [9.17, 15) is 19.2 Å². The van der Waals surface area contributed by atoms with E-state index in [1.54, 1.807) is 57.0 Å². The van der Waals surface area contributed by atoms with Crippen LogP contribution in [-0.4, -0.2) is 183 Å². The number of hydrogen-bond acceptors (Lipinski definition) is 17. The van der Waals surface area contributed by atoms with Gasteiger partial charge in [0.2, 0.25) is 16.8 Å². The molecule has 2 aromatic carbocycles. The van der Waals surface area contributed by atoms with Gasteiger partial charge in [-0.3, -0.25) is 19.3 Å². The number of nitrogens with zero attached hydrogens (tertiary/aromatic N) is 10. The van der Waals surface area contributed by atoms with Gasteiger partial charge in [-0.1, -0.05) is 52.9 Å². The van der Waals surface area contributed by atoms with Crippen LogP contribution in [0.2, 0.25) is 5.02 Å². The fourth-order valence-corrected chi connectivity index (χ4v) is 11.2. The van der Waals surface area contributed by atoms with Crippen LogP contribution in [0.15, 0.2) is 84.1 Å². The van der Waals surface area contributed by atoms with Crippen molar-refractivity contribution in [2.75, 3.05) is 104 Å². The number of rotatable bonds is 25. The number of piperidine rings is 1. The van der Waals surface area contributed by atoms with Gasteiger partial charge in [0.25, 0.3) is 5.91 Å². The van der Waals surface area contributed by atoms with Gasteiger partial charge in [-0.25, -0.2) is 19.7 Å². The molecule has 0 saturated carbocycles. The van der Waals surface area contributed by atoms with E-state index in [4.69, 9.17) is 30.5 Å². The van der Waals surface area contributed by atoms with Crippen molar-refractivity contribution in [3.05, 3.63) is 106 Å². The van der Waals surface area contributed by atoms with Crippen LogP contribution in [0, 0.1) is 6.92 Å². The molecule has 0 unspecified atom stereocenters. The molecule has 2 saturated heterocycles. The van der Waals surface area contributed by atoms with E-state index in [0.717, 1.165) is 38.0 Å². The van der Waals surface area contributed by atoms with Crippen molar-refractivity contribution in [1.82, 2.24) is 60.0 Å². The van der Waals surface area contributed by atoms with Gasteiger partial charge in [0.05, 0.1) is 63.8 Å². The van der Waals surface area contributed by atoms with E-state index >= 15 is 0 Å². The summed E-state index contributed by atoms with van der Waals surface area (Å²) in [6, 6.07) is 15.3. The maximum absolute atomic E-state index is 14.6. The Bertz CT molecular complexity index is 2900. The van der Waals surface area contributed by atoms with Crippen molar-refractivity contribution >= 4 is 75.4 Å². The average Bonchev–Trinajstić information content (AvgIpc) is 4.27. The lowest BCUT2D eigenvalue weighted by Crippen LogP contribution is -2.64. The first-order valence-electron chi connectivity index (χ1n) is 26.3. The molecule has 4 amide bonds. The second kappa shape index (κ2) is 27.6. The van der Waals surface area contributed by atoms with Crippen LogP contribution in [0.25, 0.3) is 16.7 Å². The van der Waals surface area contributed by atoms with E-state index < -0.39 is 23.3 Å². The Morgan fingerprint density at radius 3 is 2.35 bits per heavy atom. The zero-order valence-corrected chi connectivity index (χ0v) is 47.3. The van der Waals surface area contributed by atoms with Crippen molar-refractivity contribution in [2.24, 2.45) is 0 Å². The number of carbonyl (C=O) groups is 4. The predicted molar refractivity (Wildman–Crippen MR) is 299 cm³/mol. The second-order valence-corrected chi connectivity index (χ2v) is 22.9. The van der Waals surface area contributed by atoms with E-state index in [0.29, 0.717) is 120 Å². The maximum Gasteiger partial charge on any atom is 0.408 e. The fourth-order valence-electron chi connectivity index (χ4n) is 9.20. The highest BCUT2D eigenvalue weighted by Gasteiger charge is 2.45. The summed E-state index contributed by atoms with van der Waals surface area (Å²) in [6.07, 6.45) is 9.62. The number of aromatic amines is 1. The lowest BCUT2D eigenvalue weighted by Gasteiger charge is -2.42. The van der Waals surface area contributed by atoms with Gasteiger partial charge in [0, 0.05) is 94.5 Å². The highest BCUT2D eigenvalue weighted by Crippen LogP contribution is 2.32. The van der Waals surface area contributed by atoms with Crippen molar-refractivity contribution in [3.63, 3.8) is 0 Å². The molecular weight excluding hydrogens is 1060 g/mol. The number of nitrogens with one attached hydrogen (secondary N) is 3. The third-order valence-corrected chi connectivity index (χ3v) is 16.0. The summed E-state index contributed by atoms with van der Waals surface area (Å²) >= 11 is 9.15. The quantitative estimate of drug-likeness (QED) is 0.0400. The minimum Gasteiger partial charge on any atom is -0.444 e. The number of halogens is 1. The van der Waals surface area contributed by atoms with Crippen molar-refractivity contribution < 1.29 is 38.1 Å². The summed E-state index contributed by atoms with van der Waals surface area (Å²) in [5.41, 5.74) is 3.01. The summed E-state index contributed by atoms with van der Waals surface area (Å²) in [5, 5.41) is 16.5. The van der Waals surface area contributed by atoms with Crippen molar-refractivity contribution in [2.45, 2.75) is 80.7 Å². The second-order valence-electron chi connectivity index (χ2n) is 20.3. The van der Waals surface area contributed by atoms with Gasteiger partial charge >= 0.3 is 6.09 Å². The Morgan fingerprint density at radius 2 is 1.64 bits per heavy atom. The summed E-state index contributed by atoms with van der Waals surface area (Å²) in [4.78, 5) is 78.2. The number of benzene rings is 2. The summed E-state index contributed by atoms with van der Waals surface area (Å²) < 4.78 is 25.5. The number of ether oxygens (including phenoxy) is 4. The number of piperazine rings is 1. The number of aryl methyl sites for hydroxylation is 1. The van der Waals surface area contributed by atoms with Crippen LogP contribution >= 0.6 is 34.7 Å². The molecule has 24 heteroatoms. The average molecular weight is 1130 g/mol. The molecule has 418 valence electrons. The number of hydrogen-bond donors (Lipinski definition) is 3. The summed E-state index contributed by atoms with van der Waals surface area (Å²) in [5.74, 6) is 1.02. The molecule has 8 rings (SSSR count). The van der Waals surface area contributed by atoms with Crippen LogP contribution in [-0.2, 0) is 34.3 Å². The van der Waals surface area contributed by atoms with Crippen molar-refractivity contribution in [1.29, 1.82) is 0 Å². The minimum atomic E-state index is -1.25. The molecule has 78 heavy (non-hydrogen) atoms. The SMILES string of the molecule is Cc1cc(-n2ccnc2)ccc1CSc1nnc(C(=O)N(C)CCOCCOCCOCCC(=O)N2CCN(CC[C@H](NC(=O)C3(NC(=O)OC(C)(C)C)CCN(c4ncnc5[nH]ccc45)CC3)c3ccc(Cl)cc3)CC2)s1. The first kappa shape index (κ1) is 58.0. The molecule has 2 fully saturated rings. The number of amides is 4. The van der Waals surface area contributed by atoms with Gasteiger partial charge < -0.3 is 53.8 Å². The summed E-state index contributed by atoms with van der Waals surface area (Å²) in [7, 11) is 1.72. The number of thioether (sulfide) groups is 1. The van der Waals surface area contributed by atoms with Crippen LogP contribution in [0.1, 0.15) is 79.0 Å². The topological polar surface area (TPSA) is 227 Å². The largest absolute Gasteiger partial charge is 0.444 e. The molecule has 3 N–H and O–H groups in total. The Morgan fingerprint density at radius 1 is 0.910 bits per heavy atom. The predicted octanol–water partition coefficient (Wildman–Crippen LogP) is 6.72. The fraction of sp³-hybridized carbons (Fsp3) is 0.500.